The average molecular weight is 325 g/mol. The number of hydrogen-bond acceptors (Lipinski definition) is 1. The number of aryl methyl sites for hydroxylation is 1. The fourth-order valence-electron chi connectivity index (χ4n) is 2.88. The third-order valence-electron chi connectivity index (χ3n) is 4.23. The van der Waals surface area contributed by atoms with E-state index in [4.69, 9.17) is 5.11 Å². The number of allylic oxidation sites excluding steroid dienone is 7. The van der Waals surface area contributed by atoms with Crippen molar-refractivity contribution in [3.8, 4) is 0 Å². The number of fused-ring (bicyclic) bond motifs is 1. The first kappa shape index (κ1) is 20.2. The van der Waals surface area contributed by atoms with Gasteiger partial charge in [0.05, 0.1) is 0 Å². The molecule has 0 aliphatic heterocycles. The van der Waals surface area contributed by atoms with Crippen molar-refractivity contribution in [2.24, 2.45) is 5.92 Å². The second kappa shape index (κ2) is 11.6. The van der Waals surface area contributed by atoms with E-state index in [1.807, 2.05) is 0 Å². The van der Waals surface area contributed by atoms with Crippen LogP contribution in [-0.2, 0) is 12.8 Å². The molecule has 2 aliphatic carbocycles. The molecule has 3 rings (SSSR count). The Balaban J connectivity index is 0.000000230. The SMILES string of the molecule is CC(C)C1=CCCC=C1.CCc1cccc2c1CC=CC=C2.CO. The predicted molar refractivity (Wildman–Crippen MR) is 107 cm³/mol. The van der Waals surface area contributed by atoms with Gasteiger partial charge in [0.15, 0.2) is 0 Å². The molecular weight excluding hydrogens is 292 g/mol. The third-order valence-corrected chi connectivity index (χ3v) is 4.23. The molecule has 0 saturated heterocycles. The Morgan fingerprint density at radius 1 is 1.00 bits per heavy atom. The molecular formula is C23H32O. The average Bonchev–Trinajstić information content (AvgIpc) is 2.90. The predicted octanol–water partition coefficient (Wildman–Crippen LogP) is 5.90. The van der Waals surface area contributed by atoms with Gasteiger partial charge >= 0.3 is 0 Å². The van der Waals surface area contributed by atoms with E-state index in [1.54, 1.807) is 0 Å². The standard InChI is InChI=1S/C13H14.C9H14.CH4O/c1-2-11-8-6-9-12-7-4-3-5-10-13(11)12;1-8(2)9-6-4-3-5-7-9;1-2/h3-9H,2,10H2,1H3;4,6-8H,3,5H2,1-2H3;2H,1H3. The van der Waals surface area contributed by atoms with Gasteiger partial charge in [-0.05, 0) is 53.9 Å². The molecule has 1 nitrogen and oxygen atoms in total. The molecule has 0 amide bonds. The summed E-state index contributed by atoms with van der Waals surface area (Å²) in [5.74, 6) is 0.710. The smallest absolute Gasteiger partial charge is 0.0319 e. The summed E-state index contributed by atoms with van der Waals surface area (Å²) in [5, 5.41) is 7.00. The number of benzene rings is 1. The molecule has 0 unspecified atom stereocenters. The van der Waals surface area contributed by atoms with Crippen LogP contribution in [0.1, 0.15) is 50.3 Å². The molecule has 0 heterocycles. The van der Waals surface area contributed by atoms with Crippen molar-refractivity contribution in [1.29, 1.82) is 0 Å². The maximum atomic E-state index is 7.00. The molecule has 0 saturated carbocycles. The summed E-state index contributed by atoms with van der Waals surface area (Å²) in [6.07, 6.45) is 20.2. The molecule has 0 atom stereocenters. The highest BCUT2D eigenvalue weighted by Gasteiger charge is 2.04. The third kappa shape index (κ3) is 6.33. The first-order chi connectivity index (χ1) is 11.7. The van der Waals surface area contributed by atoms with Gasteiger partial charge in [-0.15, -0.1) is 0 Å². The molecule has 0 bridgehead atoms. The van der Waals surface area contributed by atoms with Crippen molar-refractivity contribution in [3.63, 3.8) is 0 Å². The Bertz CT molecular complexity index is 600. The molecule has 0 aromatic heterocycles. The summed E-state index contributed by atoms with van der Waals surface area (Å²) in [5.41, 5.74) is 5.86. The van der Waals surface area contributed by atoms with Crippen molar-refractivity contribution in [1.82, 2.24) is 0 Å². The van der Waals surface area contributed by atoms with Crippen LogP contribution in [0, 0.1) is 5.92 Å². The summed E-state index contributed by atoms with van der Waals surface area (Å²) in [6.45, 7) is 6.69. The Hall–Kier alpha value is -1.86. The molecule has 1 heteroatoms. The Labute approximate surface area is 148 Å². The van der Waals surface area contributed by atoms with Crippen molar-refractivity contribution < 1.29 is 5.11 Å². The Morgan fingerprint density at radius 3 is 2.38 bits per heavy atom. The van der Waals surface area contributed by atoms with Crippen molar-refractivity contribution in [2.45, 2.75) is 46.5 Å². The lowest BCUT2D eigenvalue weighted by Crippen LogP contribution is -1.93. The fourth-order valence-corrected chi connectivity index (χ4v) is 2.88. The van der Waals surface area contributed by atoms with Gasteiger partial charge < -0.3 is 5.11 Å². The molecule has 2 aliphatic rings. The van der Waals surface area contributed by atoms with E-state index in [-0.39, 0.29) is 0 Å². The summed E-state index contributed by atoms with van der Waals surface area (Å²) < 4.78 is 0. The largest absolute Gasteiger partial charge is 0.400 e. The van der Waals surface area contributed by atoms with Crippen LogP contribution in [0.25, 0.3) is 6.08 Å². The van der Waals surface area contributed by atoms with Crippen molar-refractivity contribution in [2.75, 3.05) is 7.11 Å². The summed E-state index contributed by atoms with van der Waals surface area (Å²) >= 11 is 0. The monoisotopic (exact) mass is 324 g/mol. The zero-order valence-electron chi connectivity index (χ0n) is 15.6. The number of hydrogen-bond donors (Lipinski definition) is 1. The van der Waals surface area contributed by atoms with Crippen LogP contribution in [0.2, 0.25) is 0 Å². The number of aliphatic hydroxyl groups is 1. The zero-order valence-corrected chi connectivity index (χ0v) is 15.6. The van der Waals surface area contributed by atoms with E-state index < -0.39 is 0 Å². The lowest BCUT2D eigenvalue weighted by atomic mass is 9.97. The quantitative estimate of drug-likeness (QED) is 0.718. The molecule has 1 N–H and O–H groups in total. The van der Waals surface area contributed by atoms with E-state index in [9.17, 15) is 0 Å². The lowest BCUT2D eigenvalue weighted by Gasteiger charge is -2.08. The molecule has 24 heavy (non-hydrogen) atoms. The topological polar surface area (TPSA) is 20.2 Å². The van der Waals surface area contributed by atoms with E-state index in [0.717, 1.165) is 20.0 Å². The van der Waals surface area contributed by atoms with E-state index in [1.165, 1.54) is 35.1 Å². The minimum Gasteiger partial charge on any atom is -0.400 e. The van der Waals surface area contributed by atoms with Gasteiger partial charge in [-0.2, -0.15) is 0 Å². The van der Waals surface area contributed by atoms with Gasteiger partial charge in [0.25, 0.3) is 0 Å². The highest BCUT2D eigenvalue weighted by atomic mass is 16.2. The molecule has 0 fully saturated rings. The van der Waals surface area contributed by atoms with Gasteiger partial charge in [0, 0.05) is 7.11 Å². The second-order valence-electron chi connectivity index (χ2n) is 6.17. The highest BCUT2D eigenvalue weighted by Crippen LogP contribution is 2.20. The maximum Gasteiger partial charge on any atom is 0.0319 e. The molecule has 0 spiro atoms. The van der Waals surface area contributed by atoms with Gasteiger partial charge in [-0.25, -0.2) is 0 Å². The van der Waals surface area contributed by atoms with Gasteiger partial charge in [-0.3, -0.25) is 0 Å². The van der Waals surface area contributed by atoms with E-state index in [0.29, 0.717) is 5.92 Å². The van der Waals surface area contributed by atoms with E-state index >= 15 is 0 Å². The minimum absolute atomic E-state index is 0.710. The molecule has 1 aromatic carbocycles. The second-order valence-corrected chi connectivity index (χ2v) is 6.17. The zero-order chi connectivity index (χ0) is 17.8. The molecule has 1 aromatic rings. The molecule has 130 valence electrons. The van der Waals surface area contributed by atoms with Crippen molar-refractivity contribution in [3.05, 3.63) is 76.9 Å². The van der Waals surface area contributed by atoms with E-state index in [2.05, 4.69) is 81.5 Å². The van der Waals surface area contributed by atoms with Crippen LogP contribution in [0.15, 0.2) is 60.2 Å². The highest BCUT2D eigenvalue weighted by molar-refractivity contribution is 5.59. The van der Waals surface area contributed by atoms with Gasteiger partial charge in [0.1, 0.15) is 0 Å². The van der Waals surface area contributed by atoms with Crippen LogP contribution in [-0.4, -0.2) is 12.2 Å². The van der Waals surface area contributed by atoms with Crippen LogP contribution in [0.4, 0.5) is 0 Å². The summed E-state index contributed by atoms with van der Waals surface area (Å²) in [6, 6.07) is 6.57. The lowest BCUT2D eigenvalue weighted by molar-refractivity contribution is 0.399. The van der Waals surface area contributed by atoms with Crippen molar-refractivity contribution >= 4 is 6.08 Å². The molecule has 0 radical (unpaired) electrons. The van der Waals surface area contributed by atoms with Gasteiger partial charge in [-0.1, -0.05) is 81.5 Å². The van der Waals surface area contributed by atoms with Gasteiger partial charge in [0.2, 0.25) is 0 Å². The van der Waals surface area contributed by atoms with Crippen LogP contribution >= 0.6 is 0 Å². The minimum atomic E-state index is 0.710. The number of aliphatic hydroxyl groups excluding tert-OH is 1. The number of rotatable bonds is 2. The van der Waals surface area contributed by atoms with Crippen LogP contribution < -0.4 is 0 Å². The first-order valence-electron chi connectivity index (χ1n) is 8.97. The summed E-state index contributed by atoms with van der Waals surface area (Å²) in [4.78, 5) is 0. The Kier molecular flexibility index (Phi) is 9.79. The normalized spacial score (nSPS) is 14.7. The maximum absolute atomic E-state index is 7.00. The summed E-state index contributed by atoms with van der Waals surface area (Å²) in [7, 11) is 1.00. The fraction of sp³-hybridized carbons (Fsp3) is 0.391. The Morgan fingerprint density at radius 2 is 1.79 bits per heavy atom. The van der Waals surface area contributed by atoms with Crippen LogP contribution in [0.3, 0.4) is 0 Å². The van der Waals surface area contributed by atoms with Crippen LogP contribution in [0.5, 0.6) is 0 Å². The first-order valence-corrected chi connectivity index (χ1v) is 8.97.